The maximum atomic E-state index is 10.7. The molecule has 0 aromatic heterocycles. The molecular formula is C11H10O3S. The number of phenols is 1. The van der Waals surface area contributed by atoms with E-state index in [0.29, 0.717) is 23.4 Å². The normalized spacial score (nSPS) is 8.93. The van der Waals surface area contributed by atoms with Gasteiger partial charge in [0.25, 0.3) is 0 Å². The van der Waals surface area contributed by atoms with Crippen LogP contribution in [0.15, 0.2) is 12.1 Å². The molecule has 0 unspecified atom stereocenters. The Hall–Kier alpha value is -1.60. The van der Waals surface area contributed by atoms with Gasteiger partial charge in [-0.2, -0.15) is 12.6 Å². The van der Waals surface area contributed by atoms with Gasteiger partial charge in [0.05, 0.1) is 18.4 Å². The van der Waals surface area contributed by atoms with Crippen LogP contribution in [0.4, 0.5) is 0 Å². The number of phenolic OH excluding ortho intramolecular Hbond substituents is 1. The van der Waals surface area contributed by atoms with Gasteiger partial charge in [-0.1, -0.05) is 11.8 Å². The van der Waals surface area contributed by atoms with Crippen LogP contribution in [-0.2, 0) is 0 Å². The molecule has 0 amide bonds. The number of carbonyl (C=O) groups is 1. The average molecular weight is 222 g/mol. The van der Waals surface area contributed by atoms with Crippen molar-refractivity contribution >= 4 is 18.9 Å². The summed E-state index contributed by atoms with van der Waals surface area (Å²) in [5.41, 5.74) is 0.612. The predicted molar refractivity (Wildman–Crippen MR) is 60.8 cm³/mol. The van der Waals surface area contributed by atoms with Gasteiger partial charge < -0.3 is 9.84 Å². The minimum atomic E-state index is -0.114. The largest absolute Gasteiger partial charge is 0.503 e. The van der Waals surface area contributed by atoms with Crippen LogP contribution >= 0.6 is 12.6 Å². The third kappa shape index (κ3) is 2.45. The Kier molecular flexibility index (Phi) is 4.07. The Morgan fingerprint density at radius 3 is 2.87 bits per heavy atom. The van der Waals surface area contributed by atoms with Gasteiger partial charge in [0.2, 0.25) is 0 Å². The topological polar surface area (TPSA) is 46.5 Å². The summed E-state index contributed by atoms with van der Waals surface area (Å²) in [7, 11) is 1.44. The van der Waals surface area contributed by atoms with Gasteiger partial charge >= 0.3 is 0 Å². The van der Waals surface area contributed by atoms with Crippen molar-refractivity contribution in [2.24, 2.45) is 0 Å². The molecule has 0 saturated carbocycles. The standard InChI is InChI=1S/C11H10O3S/c1-14-10-5-4-8(7-12)9(11(10)13)3-2-6-15/h4-5,7,13,15H,6H2,1H3. The minimum Gasteiger partial charge on any atom is -0.503 e. The molecule has 15 heavy (non-hydrogen) atoms. The predicted octanol–water partition coefficient (Wildman–Crippen LogP) is 1.49. The molecule has 1 aromatic carbocycles. The molecular weight excluding hydrogens is 212 g/mol. The molecule has 1 aromatic rings. The highest BCUT2D eigenvalue weighted by Gasteiger charge is 2.10. The Morgan fingerprint density at radius 2 is 2.33 bits per heavy atom. The molecule has 0 heterocycles. The van der Waals surface area contributed by atoms with Crippen molar-refractivity contribution in [3.05, 3.63) is 23.3 Å². The number of methoxy groups -OCH3 is 1. The molecule has 0 radical (unpaired) electrons. The SMILES string of the molecule is COc1ccc(C=O)c(C#CCS)c1O. The van der Waals surface area contributed by atoms with Crippen molar-refractivity contribution in [1.82, 2.24) is 0 Å². The fourth-order valence-corrected chi connectivity index (χ4v) is 1.19. The number of thiol groups is 1. The zero-order valence-corrected chi connectivity index (χ0v) is 9.04. The number of hydrogen-bond acceptors (Lipinski definition) is 4. The summed E-state index contributed by atoms with van der Waals surface area (Å²) in [4.78, 5) is 10.7. The van der Waals surface area contributed by atoms with Crippen molar-refractivity contribution in [2.75, 3.05) is 12.9 Å². The number of ether oxygens (including phenoxy) is 1. The maximum Gasteiger partial charge on any atom is 0.174 e. The van der Waals surface area contributed by atoms with Crippen LogP contribution in [0.3, 0.4) is 0 Å². The van der Waals surface area contributed by atoms with Crippen LogP contribution in [0.25, 0.3) is 0 Å². The van der Waals surface area contributed by atoms with E-state index in [1.807, 2.05) is 0 Å². The Labute approximate surface area is 93.5 Å². The first-order valence-corrected chi connectivity index (χ1v) is 4.82. The van der Waals surface area contributed by atoms with Gasteiger partial charge in [-0.05, 0) is 12.1 Å². The fourth-order valence-electron chi connectivity index (χ4n) is 1.11. The molecule has 1 N–H and O–H groups in total. The van der Waals surface area contributed by atoms with Crippen molar-refractivity contribution in [3.63, 3.8) is 0 Å². The van der Waals surface area contributed by atoms with E-state index in [1.165, 1.54) is 13.2 Å². The number of aldehydes is 1. The molecule has 0 aliphatic rings. The molecule has 0 fully saturated rings. The molecule has 3 nitrogen and oxygen atoms in total. The molecule has 0 aliphatic heterocycles. The summed E-state index contributed by atoms with van der Waals surface area (Å²) in [6, 6.07) is 3.07. The maximum absolute atomic E-state index is 10.7. The van der Waals surface area contributed by atoms with E-state index in [9.17, 15) is 9.90 Å². The van der Waals surface area contributed by atoms with E-state index >= 15 is 0 Å². The lowest BCUT2D eigenvalue weighted by atomic mass is 10.1. The van der Waals surface area contributed by atoms with Gasteiger partial charge in [-0.15, -0.1) is 0 Å². The summed E-state index contributed by atoms with van der Waals surface area (Å²) in [6.45, 7) is 0. The fraction of sp³-hybridized carbons (Fsp3) is 0.182. The van der Waals surface area contributed by atoms with Crippen LogP contribution in [0.2, 0.25) is 0 Å². The molecule has 0 saturated heterocycles. The van der Waals surface area contributed by atoms with E-state index in [-0.39, 0.29) is 11.3 Å². The van der Waals surface area contributed by atoms with E-state index in [0.717, 1.165) is 0 Å². The monoisotopic (exact) mass is 222 g/mol. The second-order valence-electron chi connectivity index (χ2n) is 2.66. The van der Waals surface area contributed by atoms with Gasteiger partial charge in [-0.25, -0.2) is 0 Å². The first-order valence-electron chi connectivity index (χ1n) is 4.19. The Balaban J connectivity index is 3.35. The van der Waals surface area contributed by atoms with Crippen molar-refractivity contribution in [2.45, 2.75) is 0 Å². The van der Waals surface area contributed by atoms with Gasteiger partial charge in [0.15, 0.2) is 17.8 Å². The first-order chi connectivity index (χ1) is 7.24. The number of hydrogen-bond donors (Lipinski definition) is 2. The summed E-state index contributed by atoms with van der Waals surface area (Å²) >= 11 is 3.92. The molecule has 0 bridgehead atoms. The van der Waals surface area contributed by atoms with E-state index in [1.54, 1.807) is 6.07 Å². The van der Waals surface area contributed by atoms with Crippen molar-refractivity contribution in [3.8, 4) is 23.3 Å². The zero-order chi connectivity index (χ0) is 11.3. The van der Waals surface area contributed by atoms with Crippen LogP contribution in [0.5, 0.6) is 11.5 Å². The Bertz CT molecular complexity index is 429. The van der Waals surface area contributed by atoms with E-state index in [2.05, 4.69) is 24.5 Å². The zero-order valence-electron chi connectivity index (χ0n) is 8.15. The number of aromatic hydroxyl groups is 1. The lowest BCUT2D eigenvalue weighted by Crippen LogP contribution is -1.92. The quantitative estimate of drug-likeness (QED) is 0.453. The van der Waals surface area contributed by atoms with Gasteiger partial charge in [0, 0.05) is 5.56 Å². The van der Waals surface area contributed by atoms with E-state index < -0.39 is 0 Å². The van der Waals surface area contributed by atoms with Gasteiger partial charge in [0.1, 0.15) is 0 Å². The second kappa shape index (κ2) is 5.32. The van der Waals surface area contributed by atoms with Crippen LogP contribution < -0.4 is 4.74 Å². The molecule has 0 atom stereocenters. The number of rotatable bonds is 2. The molecule has 4 heteroatoms. The smallest absolute Gasteiger partial charge is 0.174 e. The third-order valence-electron chi connectivity index (χ3n) is 1.81. The summed E-state index contributed by atoms with van der Waals surface area (Å²) in [5.74, 6) is 5.88. The highest BCUT2D eigenvalue weighted by atomic mass is 32.1. The summed E-state index contributed by atoms with van der Waals surface area (Å²) in [5, 5.41) is 9.72. The van der Waals surface area contributed by atoms with E-state index in [4.69, 9.17) is 4.74 Å². The van der Waals surface area contributed by atoms with Crippen LogP contribution in [-0.4, -0.2) is 24.3 Å². The highest BCUT2D eigenvalue weighted by molar-refractivity contribution is 7.80. The van der Waals surface area contributed by atoms with Crippen LogP contribution in [0, 0.1) is 11.8 Å². The minimum absolute atomic E-state index is 0.114. The van der Waals surface area contributed by atoms with Crippen molar-refractivity contribution < 1.29 is 14.6 Å². The lowest BCUT2D eigenvalue weighted by molar-refractivity contribution is 0.112. The number of benzene rings is 1. The number of carbonyl (C=O) groups excluding carboxylic acids is 1. The third-order valence-corrected chi connectivity index (χ3v) is 1.97. The first kappa shape index (κ1) is 11.5. The summed E-state index contributed by atoms with van der Waals surface area (Å²) < 4.78 is 4.91. The summed E-state index contributed by atoms with van der Waals surface area (Å²) in [6.07, 6.45) is 0.641. The molecule has 78 valence electrons. The average Bonchev–Trinajstić information content (AvgIpc) is 2.27. The molecule has 0 spiro atoms. The van der Waals surface area contributed by atoms with Crippen molar-refractivity contribution in [1.29, 1.82) is 0 Å². The lowest BCUT2D eigenvalue weighted by Gasteiger charge is -2.06. The Morgan fingerprint density at radius 1 is 1.60 bits per heavy atom. The van der Waals surface area contributed by atoms with Gasteiger partial charge in [-0.3, -0.25) is 4.79 Å². The second-order valence-corrected chi connectivity index (χ2v) is 2.97. The molecule has 1 rings (SSSR count). The highest BCUT2D eigenvalue weighted by Crippen LogP contribution is 2.30. The van der Waals surface area contributed by atoms with Crippen LogP contribution in [0.1, 0.15) is 15.9 Å². The molecule has 0 aliphatic carbocycles.